The Bertz CT molecular complexity index is 417. The van der Waals surface area contributed by atoms with Crippen LogP contribution in [0.1, 0.15) is 37.4 Å². The van der Waals surface area contributed by atoms with E-state index in [1.165, 1.54) is 13.3 Å². The van der Waals surface area contributed by atoms with E-state index in [9.17, 15) is 13.2 Å². The van der Waals surface area contributed by atoms with Crippen molar-refractivity contribution >= 4 is 0 Å². The van der Waals surface area contributed by atoms with Crippen LogP contribution in [0.25, 0.3) is 0 Å². The van der Waals surface area contributed by atoms with E-state index < -0.39 is 23.4 Å². The van der Waals surface area contributed by atoms with E-state index >= 15 is 0 Å². The zero-order chi connectivity index (χ0) is 14.7. The van der Waals surface area contributed by atoms with Crippen molar-refractivity contribution in [1.29, 1.82) is 0 Å². The van der Waals surface area contributed by atoms with E-state index in [1.54, 1.807) is 14.0 Å². The smallest absolute Gasteiger partial charge is 0.377 e. The van der Waals surface area contributed by atoms with E-state index in [0.717, 1.165) is 12.3 Å². The van der Waals surface area contributed by atoms with Gasteiger partial charge in [-0.3, -0.25) is 4.98 Å². The lowest BCUT2D eigenvalue weighted by Crippen LogP contribution is -2.42. The van der Waals surface area contributed by atoms with Crippen LogP contribution in [0.3, 0.4) is 0 Å². The molecular weight excluding hydrogens is 257 g/mol. The molecule has 1 aromatic rings. The molecule has 0 aliphatic rings. The summed E-state index contributed by atoms with van der Waals surface area (Å²) in [4.78, 5) is 3.81. The Balaban J connectivity index is 3.34. The molecule has 1 rings (SSSR count). The molecule has 0 saturated carbocycles. The van der Waals surface area contributed by atoms with Gasteiger partial charge in [-0.1, -0.05) is 6.92 Å². The molecule has 19 heavy (non-hydrogen) atoms. The second-order valence-corrected chi connectivity index (χ2v) is 4.55. The third kappa shape index (κ3) is 3.25. The first kappa shape index (κ1) is 15.9. The Labute approximate surface area is 111 Å². The van der Waals surface area contributed by atoms with Crippen LogP contribution in [0.15, 0.2) is 18.5 Å². The Morgan fingerprint density at radius 3 is 2.47 bits per heavy atom. The molecule has 1 heterocycles. The lowest BCUT2D eigenvalue weighted by molar-refractivity contribution is -0.139. The molecule has 0 spiro atoms. The van der Waals surface area contributed by atoms with Crippen molar-refractivity contribution in [2.24, 2.45) is 0 Å². The van der Waals surface area contributed by atoms with E-state index in [4.69, 9.17) is 4.74 Å². The topological polar surface area (TPSA) is 34.1 Å². The van der Waals surface area contributed by atoms with E-state index in [2.05, 4.69) is 10.3 Å². The van der Waals surface area contributed by atoms with E-state index in [-0.39, 0.29) is 5.56 Å². The molecule has 0 aliphatic carbocycles. The molecule has 0 amide bonds. The minimum absolute atomic E-state index is 0.101. The molecule has 3 nitrogen and oxygen atoms in total. The van der Waals surface area contributed by atoms with Crippen LogP contribution < -0.4 is 5.32 Å². The summed E-state index contributed by atoms with van der Waals surface area (Å²) in [5, 5.41) is 2.91. The molecule has 0 bridgehead atoms. The number of nitrogens with zero attached hydrogens (tertiary/aromatic N) is 1. The third-order valence-corrected chi connectivity index (χ3v) is 3.54. The summed E-state index contributed by atoms with van der Waals surface area (Å²) in [5.74, 6) is 0. The molecule has 6 heteroatoms. The van der Waals surface area contributed by atoms with Crippen molar-refractivity contribution in [3.63, 3.8) is 0 Å². The number of rotatable bonds is 5. The molecule has 1 aromatic heterocycles. The number of hydrogen-bond acceptors (Lipinski definition) is 3. The molecule has 0 fully saturated rings. The Morgan fingerprint density at radius 1 is 1.42 bits per heavy atom. The van der Waals surface area contributed by atoms with Crippen LogP contribution in [-0.2, 0) is 10.9 Å². The van der Waals surface area contributed by atoms with Gasteiger partial charge in [0.15, 0.2) is 0 Å². The predicted octanol–water partition coefficient (Wildman–Crippen LogP) is 3.18. The predicted molar refractivity (Wildman–Crippen MR) is 66.7 cm³/mol. The third-order valence-electron chi connectivity index (χ3n) is 3.54. The fourth-order valence-corrected chi connectivity index (χ4v) is 2.15. The molecule has 108 valence electrons. The van der Waals surface area contributed by atoms with Gasteiger partial charge in [0.25, 0.3) is 0 Å². The van der Waals surface area contributed by atoms with Gasteiger partial charge < -0.3 is 10.1 Å². The van der Waals surface area contributed by atoms with Crippen LogP contribution in [0.2, 0.25) is 0 Å². The normalized spacial score (nSPS) is 17.0. The lowest BCUT2D eigenvalue weighted by Gasteiger charge is -2.36. The van der Waals surface area contributed by atoms with Gasteiger partial charge in [-0.2, -0.15) is 13.2 Å². The van der Waals surface area contributed by atoms with Crippen molar-refractivity contribution in [2.75, 3.05) is 14.2 Å². The van der Waals surface area contributed by atoms with Crippen LogP contribution in [-0.4, -0.2) is 24.7 Å². The van der Waals surface area contributed by atoms with Gasteiger partial charge >= 0.3 is 6.18 Å². The highest BCUT2D eigenvalue weighted by Gasteiger charge is 2.40. The van der Waals surface area contributed by atoms with Crippen LogP contribution >= 0.6 is 0 Å². The summed E-state index contributed by atoms with van der Waals surface area (Å²) in [6.45, 7) is 3.65. The van der Waals surface area contributed by atoms with Crippen LogP contribution in [0.4, 0.5) is 13.2 Å². The fourth-order valence-electron chi connectivity index (χ4n) is 2.15. The molecule has 0 aromatic carbocycles. The van der Waals surface area contributed by atoms with Crippen LogP contribution in [0.5, 0.6) is 0 Å². The minimum atomic E-state index is -4.41. The van der Waals surface area contributed by atoms with Gasteiger partial charge in [-0.05, 0) is 26.5 Å². The Morgan fingerprint density at radius 2 is 2.05 bits per heavy atom. The summed E-state index contributed by atoms with van der Waals surface area (Å²) in [7, 11) is 3.11. The van der Waals surface area contributed by atoms with Crippen molar-refractivity contribution < 1.29 is 17.9 Å². The fraction of sp³-hybridized carbons (Fsp3) is 0.615. The minimum Gasteiger partial charge on any atom is -0.377 e. The van der Waals surface area contributed by atoms with E-state index in [0.29, 0.717) is 6.42 Å². The Kier molecular flexibility index (Phi) is 4.92. The highest BCUT2D eigenvalue weighted by atomic mass is 19.4. The summed E-state index contributed by atoms with van der Waals surface area (Å²) in [5.41, 5.74) is -1.32. The first-order valence-electron chi connectivity index (χ1n) is 6.03. The number of alkyl halides is 3. The van der Waals surface area contributed by atoms with Crippen molar-refractivity contribution in [1.82, 2.24) is 10.3 Å². The summed E-state index contributed by atoms with van der Waals surface area (Å²) in [6, 6.07) is 0.402. The number of methoxy groups -OCH3 is 1. The largest absolute Gasteiger partial charge is 0.416 e. The van der Waals surface area contributed by atoms with Crippen molar-refractivity contribution in [3.8, 4) is 0 Å². The Hall–Kier alpha value is -1.14. The molecule has 1 N–H and O–H groups in total. The lowest BCUT2D eigenvalue weighted by atomic mass is 9.86. The molecule has 2 atom stereocenters. The number of aromatic nitrogens is 1. The van der Waals surface area contributed by atoms with Gasteiger partial charge in [-0.15, -0.1) is 0 Å². The maximum atomic E-state index is 13.0. The highest BCUT2D eigenvalue weighted by Crippen LogP contribution is 2.39. The van der Waals surface area contributed by atoms with Gasteiger partial charge in [0.2, 0.25) is 0 Å². The van der Waals surface area contributed by atoms with E-state index in [1.807, 2.05) is 6.92 Å². The SMILES string of the molecule is CCC(C)(OC)C(NC)c1cnccc1C(F)(F)F. The maximum Gasteiger partial charge on any atom is 0.416 e. The van der Waals surface area contributed by atoms with Gasteiger partial charge in [0.05, 0.1) is 17.2 Å². The zero-order valence-electron chi connectivity index (χ0n) is 11.5. The molecular formula is C13H19F3N2O. The maximum absolute atomic E-state index is 13.0. The average molecular weight is 276 g/mol. The summed E-state index contributed by atoms with van der Waals surface area (Å²) >= 11 is 0. The average Bonchev–Trinajstić information content (AvgIpc) is 2.38. The quantitative estimate of drug-likeness (QED) is 0.897. The van der Waals surface area contributed by atoms with Gasteiger partial charge in [-0.25, -0.2) is 0 Å². The number of halogens is 3. The summed E-state index contributed by atoms with van der Waals surface area (Å²) in [6.07, 6.45) is -1.44. The monoisotopic (exact) mass is 276 g/mol. The first-order valence-corrected chi connectivity index (χ1v) is 6.03. The molecule has 0 aliphatic heterocycles. The van der Waals surface area contributed by atoms with Gasteiger partial charge in [0, 0.05) is 25.1 Å². The number of hydrogen-bond donors (Lipinski definition) is 1. The highest BCUT2D eigenvalue weighted by molar-refractivity contribution is 5.31. The van der Waals surface area contributed by atoms with Crippen LogP contribution in [0, 0.1) is 0 Å². The van der Waals surface area contributed by atoms with Crippen molar-refractivity contribution in [3.05, 3.63) is 29.6 Å². The first-order chi connectivity index (χ1) is 8.80. The zero-order valence-corrected chi connectivity index (χ0v) is 11.5. The molecule has 0 saturated heterocycles. The molecule has 0 radical (unpaired) electrons. The molecule has 2 unspecified atom stereocenters. The number of likely N-dealkylation sites (N-methyl/N-ethyl adjacent to an activating group) is 1. The number of nitrogens with one attached hydrogen (secondary N) is 1. The number of ether oxygens (including phenoxy) is 1. The van der Waals surface area contributed by atoms with Crippen molar-refractivity contribution in [2.45, 2.75) is 38.1 Å². The van der Waals surface area contributed by atoms with Gasteiger partial charge in [0.1, 0.15) is 0 Å². The second-order valence-electron chi connectivity index (χ2n) is 4.55. The summed E-state index contributed by atoms with van der Waals surface area (Å²) < 4.78 is 44.5. The number of pyridine rings is 1. The second kappa shape index (κ2) is 5.88. The standard InChI is InChI=1S/C13H19F3N2O/c1-5-12(2,19-4)11(17-3)9-8-18-7-6-10(9)13(14,15)16/h6-8,11,17H,5H2,1-4H3.